The molecule has 1 rings (SSSR count). The minimum Gasteiger partial charge on any atom is -0.479 e. The molecule has 7 nitrogen and oxygen atoms in total. The lowest BCUT2D eigenvalue weighted by molar-refractivity contribution is -0.155. The minimum atomic E-state index is -2.01. The van der Waals surface area contributed by atoms with Crippen LogP contribution in [0.2, 0.25) is 0 Å². The number of aliphatic hydroxyl groups is 1. The number of hydrogen-bond acceptors (Lipinski definition) is 5. The zero-order valence-electron chi connectivity index (χ0n) is 12.5. The minimum absolute atomic E-state index is 0.0957. The number of rotatable bonds is 8. The van der Waals surface area contributed by atoms with Gasteiger partial charge in [-0.2, -0.15) is 0 Å². The topological polar surface area (TPSA) is 103 Å². The Hall–Kier alpha value is -1.86. The standard InChI is InChI=1S/C14H22N2O5/c1-4-16(5-2)8-10-6-7-11(21-10)12(17)15-9-14(3,20)13(18)19/h6-7,20H,4-5,8-9H2,1-3H3,(H,15,17)(H,18,19). The molecule has 1 atom stereocenters. The number of carboxylic acid groups (broad SMARTS) is 1. The number of carbonyl (C=O) groups excluding carboxylic acids is 1. The molecule has 1 aromatic heterocycles. The van der Waals surface area contributed by atoms with Crippen LogP contribution in [0.15, 0.2) is 16.5 Å². The molecule has 118 valence electrons. The summed E-state index contributed by atoms with van der Waals surface area (Å²) in [6.07, 6.45) is 0. The summed E-state index contributed by atoms with van der Waals surface area (Å²) < 4.78 is 5.42. The smallest absolute Gasteiger partial charge is 0.337 e. The average Bonchev–Trinajstić information content (AvgIpc) is 2.90. The molecule has 0 saturated heterocycles. The van der Waals surface area contributed by atoms with Crippen molar-refractivity contribution in [3.05, 3.63) is 23.7 Å². The van der Waals surface area contributed by atoms with Gasteiger partial charge in [0.2, 0.25) is 0 Å². The van der Waals surface area contributed by atoms with E-state index in [-0.39, 0.29) is 5.76 Å². The van der Waals surface area contributed by atoms with Gasteiger partial charge in [0.15, 0.2) is 11.4 Å². The van der Waals surface area contributed by atoms with Crippen molar-refractivity contribution in [1.82, 2.24) is 10.2 Å². The van der Waals surface area contributed by atoms with Crippen molar-refractivity contribution < 1.29 is 24.2 Å². The zero-order chi connectivity index (χ0) is 16.0. The fourth-order valence-electron chi connectivity index (χ4n) is 1.67. The number of furan rings is 1. The van der Waals surface area contributed by atoms with Gasteiger partial charge in [-0.25, -0.2) is 4.79 Å². The molecular formula is C14H22N2O5. The Labute approximate surface area is 123 Å². The van der Waals surface area contributed by atoms with E-state index < -0.39 is 24.0 Å². The molecule has 0 radical (unpaired) electrons. The zero-order valence-corrected chi connectivity index (χ0v) is 12.5. The van der Waals surface area contributed by atoms with Crippen molar-refractivity contribution in [2.45, 2.75) is 32.9 Å². The van der Waals surface area contributed by atoms with Gasteiger partial charge < -0.3 is 19.9 Å². The molecular weight excluding hydrogens is 276 g/mol. The molecule has 0 bridgehead atoms. The second-order valence-corrected chi connectivity index (χ2v) is 4.99. The van der Waals surface area contributed by atoms with Gasteiger partial charge in [-0.15, -0.1) is 0 Å². The molecule has 0 spiro atoms. The molecule has 0 aromatic carbocycles. The van der Waals surface area contributed by atoms with Crippen LogP contribution in [0.3, 0.4) is 0 Å². The van der Waals surface area contributed by atoms with Crippen molar-refractivity contribution >= 4 is 11.9 Å². The van der Waals surface area contributed by atoms with Crippen LogP contribution in [0.25, 0.3) is 0 Å². The van der Waals surface area contributed by atoms with E-state index >= 15 is 0 Å². The van der Waals surface area contributed by atoms with E-state index in [1.165, 1.54) is 6.07 Å². The normalized spacial score (nSPS) is 14.0. The summed E-state index contributed by atoms with van der Waals surface area (Å²) in [6, 6.07) is 3.24. The highest BCUT2D eigenvalue weighted by Gasteiger charge is 2.30. The third-order valence-corrected chi connectivity index (χ3v) is 3.21. The first kappa shape index (κ1) is 17.2. The Balaban J connectivity index is 2.60. The van der Waals surface area contributed by atoms with Crippen LogP contribution in [0.4, 0.5) is 0 Å². The third-order valence-electron chi connectivity index (χ3n) is 3.21. The molecule has 0 aliphatic carbocycles. The predicted octanol–water partition coefficient (Wildman–Crippen LogP) is 0.687. The van der Waals surface area contributed by atoms with Crippen molar-refractivity contribution in [3.63, 3.8) is 0 Å². The van der Waals surface area contributed by atoms with Crippen LogP contribution < -0.4 is 5.32 Å². The summed E-state index contributed by atoms with van der Waals surface area (Å²) in [5, 5.41) is 20.6. The van der Waals surface area contributed by atoms with Crippen LogP contribution in [-0.2, 0) is 11.3 Å². The summed E-state index contributed by atoms with van der Waals surface area (Å²) in [6.45, 7) is 7.15. The van der Waals surface area contributed by atoms with E-state index in [9.17, 15) is 14.7 Å². The van der Waals surface area contributed by atoms with E-state index in [4.69, 9.17) is 9.52 Å². The van der Waals surface area contributed by atoms with Crippen molar-refractivity contribution in [2.75, 3.05) is 19.6 Å². The lowest BCUT2D eigenvalue weighted by Crippen LogP contribution is -2.46. The molecule has 0 saturated carbocycles. The van der Waals surface area contributed by atoms with Crippen LogP contribution in [0.5, 0.6) is 0 Å². The molecule has 7 heteroatoms. The molecule has 0 aliphatic rings. The maximum absolute atomic E-state index is 11.8. The molecule has 21 heavy (non-hydrogen) atoms. The number of carbonyl (C=O) groups is 2. The van der Waals surface area contributed by atoms with E-state index in [0.717, 1.165) is 20.0 Å². The number of hydrogen-bond donors (Lipinski definition) is 3. The summed E-state index contributed by atoms with van der Waals surface area (Å²) in [5.74, 6) is -1.20. The number of nitrogens with zero attached hydrogens (tertiary/aromatic N) is 1. The third kappa shape index (κ3) is 4.87. The second-order valence-electron chi connectivity index (χ2n) is 4.99. The average molecular weight is 298 g/mol. The van der Waals surface area contributed by atoms with Gasteiger partial charge in [0, 0.05) is 0 Å². The number of amides is 1. The number of carboxylic acids is 1. The Kier molecular flexibility index (Phi) is 5.92. The monoisotopic (exact) mass is 298 g/mol. The van der Waals surface area contributed by atoms with Gasteiger partial charge in [0.1, 0.15) is 5.76 Å². The Bertz CT molecular complexity index is 491. The first-order chi connectivity index (χ1) is 9.80. The SMILES string of the molecule is CCN(CC)Cc1ccc(C(=O)NCC(C)(O)C(=O)O)o1. The molecule has 3 N–H and O–H groups in total. The highest BCUT2D eigenvalue weighted by Crippen LogP contribution is 2.11. The van der Waals surface area contributed by atoms with E-state index in [1.54, 1.807) is 6.07 Å². The number of aliphatic carboxylic acids is 1. The highest BCUT2D eigenvalue weighted by atomic mass is 16.4. The van der Waals surface area contributed by atoms with Gasteiger partial charge in [-0.05, 0) is 32.1 Å². The first-order valence-electron chi connectivity index (χ1n) is 6.85. The lowest BCUT2D eigenvalue weighted by Gasteiger charge is -2.17. The lowest BCUT2D eigenvalue weighted by atomic mass is 10.1. The molecule has 0 aliphatic heterocycles. The summed E-state index contributed by atoms with van der Waals surface area (Å²) in [5.41, 5.74) is -2.01. The Morgan fingerprint density at radius 2 is 1.95 bits per heavy atom. The molecule has 1 amide bonds. The molecule has 1 heterocycles. The molecule has 1 aromatic rings. The van der Waals surface area contributed by atoms with Gasteiger partial charge in [-0.3, -0.25) is 9.69 Å². The van der Waals surface area contributed by atoms with Crippen molar-refractivity contribution in [1.29, 1.82) is 0 Å². The summed E-state index contributed by atoms with van der Waals surface area (Å²) in [4.78, 5) is 24.7. The Morgan fingerprint density at radius 1 is 1.33 bits per heavy atom. The molecule has 1 unspecified atom stereocenters. The fourth-order valence-corrected chi connectivity index (χ4v) is 1.67. The summed E-state index contributed by atoms with van der Waals surface area (Å²) >= 11 is 0. The van der Waals surface area contributed by atoms with Crippen LogP contribution >= 0.6 is 0 Å². The fraction of sp³-hybridized carbons (Fsp3) is 0.571. The predicted molar refractivity (Wildman–Crippen MR) is 75.9 cm³/mol. The van der Waals surface area contributed by atoms with Crippen LogP contribution in [0, 0.1) is 0 Å². The maximum atomic E-state index is 11.8. The van der Waals surface area contributed by atoms with E-state index in [0.29, 0.717) is 12.3 Å². The van der Waals surface area contributed by atoms with Crippen molar-refractivity contribution in [2.24, 2.45) is 0 Å². The van der Waals surface area contributed by atoms with Crippen molar-refractivity contribution in [3.8, 4) is 0 Å². The van der Waals surface area contributed by atoms with Gasteiger partial charge in [-0.1, -0.05) is 13.8 Å². The van der Waals surface area contributed by atoms with Gasteiger partial charge in [0.25, 0.3) is 5.91 Å². The summed E-state index contributed by atoms with van der Waals surface area (Å²) in [7, 11) is 0. The van der Waals surface area contributed by atoms with E-state index in [2.05, 4.69) is 10.2 Å². The van der Waals surface area contributed by atoms with Gasteiger partial charge in [0.05, 0.1) is 13.1 Å². The first-order valence-corrected chi connectivity index (χ1v) is 6.85. The Morgan fingerprint density at radius 3 is 2.48 bits per heavy atom. The van der Waals surface area contributed by atoms with Gasteiger partial charge >= 0.3 is 5.97 Å². The quantitative estimate of drug-likeness (QED) is 0.652. The maximum Gasteiger partial charge on any atom is 0.337 e. The second kappa shape index (κ2) is 7.24. The van der Waals surface area contributed by atoms with Crippen LogP contribution in [0.1, 0.15) is 37.1 Å². The van der Waals surface area contributed by atoms with E-state index in [1.807, 2.05) is 13.8 Å². The largest absolute Gasteiger partial charge is 0.479 e. The van der Waals surface area contributed by atoms with Crippen LogP contribution in [-0.4, -0.2) is 52.2 Å². The number of nitrogens with one attached hydrogen (secondary N) is 1. The highest BCUT2D eigenvalue weighted by molar-refractivity contribution is 5.92. The molecule has 0 fully saturated rings.